The lowest BCUT2D eigenvalue weighted by molar-refractivity contribution is -0.0629. The lowest BCUT2D eigenvalue weighted by Crippen LogP contribution is -2.38. The van der Waals surface area contributed by atoms with Gasteiger partial charge in [-0.25, -0.2) is 15.1 Å². The Morgan fingerprint density at radius 1 is 1.61 bits per heavy atom. The SMILES string of the molecule is NOC1C(F)[C@@H](n2ccc(=O)[nH]c2=O)O[C@H]1CO. The molecule has 1 aromatic heterocycles. The summed E-state index contributed by atoms with van der Waals surface area (Å²) in [5.41, 5.74) is -1.42. The monoisotopic (exact) mass is 261 g/mol. The van der Waals surface area contributed by atoms with E-state index in [1.165, 1.54) is 0 Å². The smallest absolute Gasteiger partial charge is 0.330 e. The predicted molar refractivity (Wildman–Crippen MR) is 56.3 cm³/mol. The maximum Gasteiger partial charge on any atom is 0.330 e. The third-order valence-electron chi connectivity index (χ3n) is 2.73. The summed E-state index contributed by atoms with van der Waals surface area (Å²) in [6.45, 7) is -0.503. The van der Waals surface area contributed by atoms with Gasteiger partial charge in [-0.15, -0.1) is 0 Å². The van der Waals surface area contributed by atoms with Gasteiger partial charge in [0, 0.05) is 12.3 Å². The number of aliphatic hydroxyl groups is 1. The number of aliphatic hydroxyl groups excluding tert-OH is 1. The lowest BCUT2D eigenvalue weighted by Gasteiger charge is -2.15. The highest BCUT2D eigenvalue weighted by molar-refractivity contribution is 4.93. The van der Waals surface area contributed by atoms with Gasteiger partial charge < -0.3 is 9.84 Å². The third kappa shape index (κ3) is 2.08. The van der Waals surface area contributed by atoms with Crippen LogP contribution in [0.25, 0.3) is 0 Å². The number of aromatic nitrogens is 2. The quantitative estimate of drug-likeness (QED) is 0.542. The zero-order chi connectivity index (χ0) is 13.3. The first-order valence-electron chi connectivity index (χ1n) is 5.16. The molecule has 2 heterocycles. The van der Waals surface area contributed by atoms with Crippen LogP contribution >= 0.6 is 0 Å². The van der Waals surface area contributed by atoms with Gasteiger partial charge in [-0.1, -0.05) is 0 Å². The molecule has 18 heavy (non-hydrogen) atoms. The molecule has 0 amide bonds. The number of nitrogens with one attached hydrogen (secondary N) is 1. The van der Waals surface area contributed by atoms with E-state index in [9.17, 15) is 14.0 Å². The second-order valence-corrected chi connectivity index (χ2v) is 3.81. The summed E-state index contributed by atoms with van der Waals surface area (Å²) in [4.78, 5) is 28.7. The topological polar surface area (TPSA) is 120 Å². The Hall–Kier alpha value is -1.55. The average molecular weight is 261 g/mol. The first-order valence-corrected chi connectivity index (χ1v) is 5.16. The third-order valence-corrected chi connectivity index (χ3v) is 2.73. The maximum absolute atomic E-state index is 14.0. The van der Waals surface area contributed by atoms with E-state index in [1.807, 2.05) is 4.98 Å². The molecule has 0 aromatic carbocycles. The Kier molecular flexibility index (Phi) is 3.57. The normalized spacial score (nSPS) is 31.7. The summed E-state index contributed by atoms with van der Waals surface area (Å²) in [5.74, 6) is 4.92. The van der Waals surface area contributed by atoms with Gasteiger partial charge in [0.2, 0.25) is 0 Å². The summed E-state index contributed by atoms with van der Waals surface area (Å²) in [6.07, 6.45) is -4.10. The molecule has 0 radical (unpaired) electrons. The van der Waals surface area contributed by atoms with Crippen molar-refractivity contribution in [1.29, 1.82) is 0 Å². The lowest BCUT2D eigenvalue weighted by atomic mass is 10.1. The summed E-state index contributed by atoms with van der Waals surface area (Å²) >= 11 is 0. The zero-order valence-electron chi connectivity index (χ0n) is 9.15. The fourth-order valence-corrected chi connectivity index (χ4v) is 1.86. The molecule has 9 heteroatoms. The van der Waals surface area contributed by atoms with E-state index in [0.717, 1.165) is 16.8 Å². The molecule has 0 aliphatic carbocycles. The minimum atomic E-state index is -1.74. The summed E-state index contributed by atoms with van der Waals surface area (Å²) < 4.78 is 20.0. The number of alkyl halides is 1. The second kappa shape index (κ2) is 4.98. The summed E-state index contributed by atoms with van der Waals surface area (Å²) in [5, 5.41) is 8.99. The molecule has 8 nitrogen and oxygen atoms in total. The van der Waals surface area contributed by atoms with Crippen LogP contribution in [0.1, 0.15) is 6.23 Å². The van der Waals surface area contributed by atoms with Crippen molar-refractivity contribution >= 4 is 0 Å². The van der Waals surface area contributed by atoms with E-state index in [4.69, 9.17) is 15.7 Å². The van der Waals surface area contributed by atoms with Crippen LogP contribution in [0.2, 0.25) is 0 Å². The number of hydrogen-bond donors (Lipinski definition) is 3. The van der Waals surface area contributed by atoms with Gasteiger partial charge in [-0.3, -0.25) is 19.2 Å². The first-order chi connectivity index (χ1) is 8.58. The van der Waals surface area contributed by atoms with E-state index in [-0.39, 0.29) is 0 Å². The zero-order valence-corrected chi connectivity index (χ0v) is 9.15. The number of aromatic amines is 1. The molecule has 0 spiro atoms. The highest BCUT2D eigenvalue weighted by atomic mass is 19.1. The Balaban J connectivity index is 2.34. The van der Waals surface area contributed by atoms with Crippen molar-refractivity contribution in [2.24, 2.45) is 5.90 Å². The van der Waals surface area contributed by atoms with E-state index in [0.29, 0.717) is 0 Å². The second-order valence-electron chi connectivity index (χ2n) is 3.81. The largest absolute Gasteiger partial charge is 0.394 e. The molecular formula is C9H12FN3O5. The molecular weight excluding hydrogens is 249 g/mol. The Morgan fingerprint density at radius 2 is 2.33 bits per heavy atom. The van der Waals surface area contributed by atoms with Gasteiger partial charge in [0.05, 0.1) is 6.61 Å². The Bertz CT molecular complexity index is 529. The molecule has 0 bridgehead atoms. The van der Waals surface area contributed by atoms with Crippen molar-refractivity contribution in [3.8, 4) is 0 Å². The molecule has 100 valence electrons. The van der Waals surface area contributed by atoms with Crippen LogP contribution in [0.5, 0.6) is 0 Å². The van der Waals surface area contributed by atoms with Gasteiger partial charge in [0.1, 0.15) is 12.2 Å². The van der Waals surface area contributed by atoms with Crippen LogP contribution in [0.3, 0.4) is 0 Å². The molecule has 1 aliphatic rings. The van der Waals surface area contributed by atoms with Crippen molar-refractivity contribution in [3.05, 3.63) is 33.1 Å². The van der Waals surface area contributed by atoms with E-state index >= 15 is 0 Å². The van der Waals surface area contributed by atoms with Crippen molar-refractivity contribution in [3.63, 3.8) is 0 Å². The number of rotatable bonds is 3. The summed E-state index contributed by atoms with van der Waals surface area (Å²) in [7, 11) is 0. The van der Waals surface area contributed by atoms with Crippen LogP contribution in [-0.4, -0.2) is 39.6 Å². The van der Waals surface area contributed by atoms with Gasteiger partial charge in [0.15, 0.2) is 12.4 Å². The molecule has 1 fully saturated rings. The molecule has 4 atom stereocenters. The van der Waals surface area contributed by atoms with Crippen molar-refractivity contribution < 1.29 is 19.1 Å². The fourth-order valence-electron chi connectivity index (χ4n) is 1.86. The van der Waals surface area contributed by atoms with Crippen LogP contribution in [0.4, 0.5) is 4.39 Å². The highest BCUT2D eigenvalue weighted by Gasteiger charge is 2.47. The maximum atomic E-state index is 14.0. The fraction of sp³-hybridized carbons (Fsp3) is 0.556. The Labute approximate surface area is 99.7 Å². The summed E-state index contributed by atoms with van der Waals surface area (Å²) in [6, 6.07) is 1.06. The number of nitrogens with two attached hydrogens (primary N) is 1. The van der Waals surface area contributed by atoms with Gasteiger partial charge >= 0.3 is 5.69 Å². The van der Waals surface area contributed by atoms with Crippen molar-refractivity contribution in [1.82, 2.24) is 9.55 Å². The van der Waals surface area contributed by atoms with Crippen LogP contribution in [0, 0.1) is 0 Å². The standard InChI is InChI=1S/C9H12FN3O5/c10-6-7(18-11)4(3-14)17-8(6)13-2-1-5(15)12-9(13)16/h1-2,4,6-8,14H,3,11H2,(H,12,15,16)/t4-,6?,7?,8-/m0/s1. The molecule has 1 aliphatic heterocycles. The Morgan fingerprint density at radius 3 is 2.83 bits per heavy atom. The number of halogens is 1. The van der Waals surface area contributed by atoms with E-state index < -0.39 is 42.5 Å². The average Bonchev–Trinajstić information content (AvgIpc) is 2.66. The van der Waals surface area contributed by atoms with Gasteiger partial charge in [-0.05, 0) is 0 Å². The molecule has 1 saturated heterocycles. The molecule has 4 N–H and O–H groups in total. The number of H-pyrrole nitrogens is 1. The number of hydrogen-bond acceptors (Lipinski definition) is 6. The molecule has 2 rings (SSSR count). The number of ether oxygens (including phenoxy) is 1. The van der Waals surface area contributed by atoms with E-state index in [2.05, 4.69) is 4.84 Å². The minimum absolute atomic E-state index is 0.503. The van der Waals surface area contributed by atoms with Crippen LogP contribution in [0.15, 0.2) is 21.9 Å². The highest BCUT2D eigenvalue weighted by Crippen LogP contribution is 2.31. The molecule has 0 saturated carbocycles. The van der Waals surface area contributed by atoms with Gasteiger partial charge in [0.25, 0.3) is 5.56 Å². The van der Waals surface area contributed by atoms with Crippen molar-refractivity contribution in [2.45, 2.75) is 24.6 Å². The molecule has 1 aromatic rings. The van der Waals surface area contributed by atoms with Crippen LogP contribution < -0.4 is 17.1 Å². The first kappa shape index (κ1) is 12.9. The predicted octanol–water partition coefficient (Wildman–Crippen LogP) is -1.98. The molecule has 2 unspecified atom stereocenters. The van der Waals surface area contributed by atoms with Gasteiger partial charge in [-0.2, -0.15) is 0 Å². The minimum Gasteiger partial charge on any atom is -0.394 e. The van der Waals surface area contributed by atoms with Crippen molar-refractivity contribution in [2.75, 3.05) is 6.61 Å². The van der Waals surface area contributed by atoms with E-state index in [1.54, 1.807) is 0 Å². The number of nitrogens with zero attached hydrogens (tertiary/aromatic N) is 1. The van der Waals surface area contributed by atoms with Crippen LogP contribution in [-0.2, 0) is 9.57 Å².